The molecule has 2 aromatic carbocycles. The molecule has 22 heavy (non-hydrogen) atoms. The van der Waals surface area contributed by atoms with Gasteiger partial charge in [0.05, 0.1) is 11.1 Å². The molecule has 0 aliphatic heterocycles. The zero-order valence-corrected chi connectivity index (χ0v) is 11.4. The normalized spacial score (nSPS) is 9.27. The van der Waals surface area contributed by atoms with Gasteiger partial charge in [-0.25, -0.2) is 14.4 Å². The Kier molecular flexibility index (Phi) is 5.65. The van der Waals surface area contributed by atoms with E-state index in [0.29, 0.717) is 11.1 Å². The smallest absolute Gasteiger partial charge is 0.337 e. The molecule has 2 rings (SSSR count). The summed E-state index contributed by atoms with van der Waals surface area (Å²) in [7, 11) is 0. The number of benzene rings is 2. The summed E-state index contributed by atoms with van der Waals surface area (Å²) >= 11 is 0. The molecule has 0 fully saturated rings. The van der Waals surface area contributed by atoms with Crippen LogP contribution in [0.2, 0.25) is 0 Å². The minimum atomic E-state index is -1.25. The quantitative estimate of drug-likeness (QED) is 0.683. The molecule has 0 bridgehead atoms. The summed E-state index contributed by atoms with van der Waals surface area (Å²) < 4.78 is 0. The van der Waals surface area contributed by atoms with Crippen molar-refractivity contribution >= 4 is 18.0 Å². The Labute approximate surface area is 125 Å². The molecule has 7 nitrogen and oxygen atoms in total. The van der Waals surface area contributed by atoms with Crippen molar-refractivity contribution in [3.63, 3.8) is 0 Å². The standard InChI is InChI=1S/C14H10O4.CH4N2O/c15-13(16)11-8-4-7-10(12(11)14(17)18)9-5-2-1-3-6-9;2-1(3)4/h1-8H,(H,15,16)(H,17,18);(H4,2,3,4). The molecule has 0 spiro atoms. The van der Waals surface area contributed by atoms with Crippen LogP contribution >= 0.6 is 0 Å². The largest absolute Gasteiger partial charge is 0.478 e. The van der Waals surface area contributed by atoms with Crippen LogP contribution in [0, 0.1) is 0 Å². The van der Waals surface area contributed by atoms with E-state index in [9.17, 15) is 14.7 Å². The molecule has 7 heteroatoms. The van der Waals surface area contributed by atoms with Crippen molar-refractivity contribution in [3.05, 3.63) is 59.7 Å². The molecule has 0 aromatic heterocycles. The third kappa shape index (κ3) is 4.34. The number of aromatic carboxylic acids is 2. The Bertz CT molecular complexity index is 694. The fourth-order valence-corrected chi connectivity index (χ4v) is 1.82. The van der Waals surface area contributed by atoms with Crippen molar-refractivity contribution in [2.24, 2.45) is 11.5 Å². The highest BCUT2D eigenvalue weighted by Gasteiger charge is 2.20. The Morgan fingerprint density at radius 2 is 1.32 bits per heavy atom. The molecule has 2 aromatic rings. The van der Waals surface area contributed by atoms with Gasteiger partial charge in [0, 0.05) is 0 Å². The lowest BCUT2D eigenvalue weighted by Crippen LogP contribution is -2.18. The average Bonchev–Trinajstić information content (AvgIpc) is 2.46. The number of rotatable bonds is 3. The second-order valence-corrected chi connectivity index (χ2v) is 4.11. The van der Waals surface area contributed by atoms with Crippen LogP contribution in [0.25, 0.3) is 11.1 Å². The maximum Gasteiger partial charge on any atom is 0.337 e. The van der Waals surface area contributed by atoms with Crippen LogP contribution in [0.4, 0.5) is 4.79 Å². The van der Waals surface area contributed by atoms with E-state index in [4.69, 9.17) is 9.90 Å². The number of hydrogen-bond acceptors (Lipinski definition) is 3. The van der Waals surface area contributed by atoms with Crippen LogP contribution in [0.3, 0.4) is 0 Å². The van der Waals surface area contributed by atoms with Crippen molar-refractivity contribution in [2.75, 3.05) is 0 Å². The lowest BCUT2D eigenvalue weighted by atomic mass is 9.95. The highest BCUT2D eigenvalue weighted by molar-refractivity contribution is 6.06. The Morgan fingerprint density at radius 1 is 0.773 bits per heavy atom. The first-order valence-electron chi connectivity index (χ1n) is 6.04. The minimum Gasteiger partial charge on any atom is -0.478 e. The zero-order valence-electron chi connectivity index (χ0n) is 11.4. The molecule has 0 heterocycles. The van der Waals surface area contributed by atoms with Gasteiger partial charge >= 0.3 is 18.0 Å². The van der Waals surface area contributed by atoms with E-state index in [2.05, 4.69) is 11.5 Å². The number of carbonyl (C=O) groups excluding carboxylic acids is 1. The van der Waals surface area contributed by atoms with E-state index < -0.39 is 18.0 Å². The van der Waals surface area contributed by atoms with E-state index in [0.717, 1.165) is 0 Å². The van der Waals surface area contributed by atoms with Gasteiger partial charge in [-0.2, -0.15) is 0 Å². The van der Waals surface area contributed by atoms with E-state index in [-0.39, 0.29) is 11.1 Å². The van der Waals surface area contributed by atoms with Crippen molar-refractivity contribution in [1.82, 2.24) is 0 Å². The number of primary amides is 2. The molecule has 0 saturated heterocycles. The summed E-state index contributed by atoms with van der Waals surface area (Å²) in [6.45, 7) is 0. The maximum absolute atomic E-state index is 11.3. The predicted molar refractivity (Wildman–Crippen MR) is 79.6 cm³/mol. The fourth-order valence-electron chi connectivity index (χ4n) is 1.82. The fraction of sp³-hybridized carbons (Fsp3) is 0. The molecule has 6 N–H and O–H groups in total. The highest BCUT2D eigenvalue weighted by Crippen LogP contribution is 2.26. The van der Waals surface area contributed by atoms with Gasteiger partial charge in [0.15, 0.2) is 0 Å². The third-order valence-electron chi connectivity index (χ3n) is 2.59. The molecule has 0 aliphatic carbocycles. The van der Waals surface area contributed by atoms with E-state index in [1.165, 1.54) is 12.1 Å². The first-order valence-corrected chi connectivity index (χ1v) is 6.04. The Morgan fingerprint density at radius 3 is 1.77 bits per heavy atom. The molecule has 114 valence electrons. The van der Waals surface area contributed by atoms with Gasteiger partial charge in [-0.15, -0.1) is 0 Å². The number of carboxylic acid groups (broad SMARTS) is 2. The van der Waals surface area contributed by atoms with Crippen molar-refractivity contribution in [3.8, 4) is 11.1 Å². The number of carboxylic acids is 2. The Hall–Kier alpha value is -3.35. The van der Waals surface area contributed by atoms with Gasteiger partial charge in [-0.05, 0) is 17.2 Å². The summed E-state index contributed by atoms with van der Waals surface area (Å²) in [5, 5.41) is 18.2. The van der Waals surface area contributed by atoms with Crippen molar-refractivity contribution in [2.45, 2.75) is 0 Å². The minimum absolute atomic E-state index is 0.184. The van der Waals surface area contributed by atoms with Gasteiger partial charge in [-0.1, -0.05) is 42.5 Å². The number of nitrogens with two attached hydrogens (primary N) is 2. The number of hydrogen-bond donors (Lipinski definition) is 4. The van der Waals surface area contributed by atoms with Gasteiger partial charge < -0.3 is 21.7 Å². The van der Waals surface area contributed by atoms with Crippen LogP contribution in [0.5, 0.6) is 0 Å². The molecule has 0 atom stereocenters. The monoisotopic (exact) mass is 302 g/mol. The van der Waals surface area contributed by atoms with Crippen LogP contribution < -0.4 is 11.5 Å². The van der Waals surface area contributed by atoms with Crippen LogP contribution in [-0.2, 0) is 0 Å². The number of carbonyl (C=O) groups is 3. The van der Waals surface area contributed by atoms with E-state index >= 15 is 0 Å². The predicted octanol–water partition coefficient (Wildman–Crippen LogP) is 1.77. The molecule has 0 saturated carbocycles. The molecular formula is C15H14N2O5. The van der Waals surface area contributed by atoms with E-state index in [1.54, 1.807) is 30.3 Å². The second kappa shape index (κ2) is 7.44. The Balaban J connectivity index is 0.000000541. The molecule has 2 amide bonds. The summed E-state index contributed by atoms with van der Waals surface area (Å²) in [5.41, 5.74) is 9.20. The first-order chi connectivity index (χ1) is 10.3. The van der Waals surface area contributed by atoms with Crippen LogP contribution in [0.1, 0.15) is 20.7 Å². The molecule has 0 radical (unpaired) electrons. The highest BCUT2D eigenvalue weighted by atomic mass is 16.4. The molecule has 0 aliphatic rings. The number of urea groups is 1. The SMILES string of the molecule is NC(N)=O.O=C(O)c1cccc(-c2ccccc2)c1C(=O)O. The molecular weight excluding hydrogens is 288 g/mol. The van der Waals surface area contributed by atoms with E-state index in [1.807, 2.05) is 6.07 Å². The van der Waals surface area contributed by atoms with Crippen molar-refractivity contribution < 1.29 is 24.6 Å². The average molecular weight is 302 g/mol. The summed E-state index contributed by atoms with van der Waals surface area (Å²) in [5.74, 6) is -2.49. The van der Waals surface area contributed by atoms with Crippen molar-refractivity contribution in [1.29, 1.82) is 0 Å². The maximum atomic E-state index is 11.3. The lowest BCUT2D eigenvalue weighted by Gasteiger charge is -2.08. The third-order valence-corrected chi connectivity index (χ3v) is 2.59. The first kappa shape index (κ1) is 16.7. The van der Waals surface area contributed by atoms with Gasteiger partial charge in [-0.3, -0.25) is 0 Å². The summed E-state index contributed by atoms with van der Waals surface area (Å²) in [6.07, 6.45) is 0. The van der Waals surface area contributed by atoms with Gasteiger partial charge in [0.1, 0.15) is 0 Å². The second-order valence-electron chi connectivity index (χ2n) is 4.11. The zero-order chi connectivity index (χ0) is 16.7. The number of amides is 2. The summed E-state index contributed by atoms with van der Waals surface area (Å²) in [6, 6.07) is 12.4. The molecule has 0 unspecified atom stereocenters. The summed E-state index contributed by atoms with van der Waals surface area (Å²) in [4.78, 5) is 31.3. The van der Waals surface area contributed by atoms with Crippen LogP contribution in [0.15, 0.2) is 48.5 Å². The van der Waals surface area contributed by atoms with Gasteiger partial charge in [0.25, 0.3) is 0 Å². The van der Waals surface area contributed by atoms with Gasteiger partial charge in [0.2, 0.25) is 0 Å². The lowest BCUT2D eigenvalue weighted by molar-refractivity contribution is 0.0652. The topological polar surface area (TPSA) is 144 Å². The van der Waals surface area contributed by atoms with Crippen LogP contribution in [-0.4, -0.2) is 28.2 Å².